The van der Waals surface area contributed by atoms with Gasteiger partial charge in [0, 0.05) is 36.4 Å². The molecule has 8 heteroatoms. The van der Waals surface area contributed by atoms with Crippen molar-refractivity contribution in [2.75, 3.05) is 32.9 Å². The van der Waals surface area contributed by atoms with Gasteiger partial charge in [0.15, 0.2) is 0 Å². The summed E-state index contributed by atoms with van der Waals surface area (Å²) in [5.41, 5.74) is 4.03. The first kappa shape index (κ1) is 20.3. The minimum Gasteiger partial charge on any atom is -0.450 e. The summed E-state index contributed by atoms with van der Waals surface area (Å²) in [7, 11) is 0. The number of carbonyl (C=O) groups excluding carboxylic acids is 1. The first-order chi connectivity index (χ1) is 15.1. The monoisotopic (exact) mass is 440 g/mol. The molecule has 2 bridgehead atoms. The molecule has 2 aliphatic heterocycles. The number of benzene rings is 1. The topological polar surface area (TPSA) is 59.3 Å². The summed E-state index contributed by atoms with van der Waals surface area (Å²) in [6, 6.07) is 13.8. The van der Waals surface area contributed by atoms with Gasteiger partial charge >= 0.3 is 6.09 Å². The van der Waals surface area contributed by atoms with E-state index in [4.69, 9.17) is 26.1 Å². The van der Waals surface area contributed by atoms with Gasteiger partial charge < -0.3 is 13.9 Å². The van der Waals surface area contributed by atoms with Gasteiger partial charge in [0.05, 0.1) is 43.3 Å². The number of nitrogens with zero attached hydrogens (tertiary/aromatic N) is 4. The van der Waals surface area contributed by atoms with Gasteiger partial charge in [0.25, 0.3) is 0 Å². The van der Waals surface area contributed by atoms with Gasteiger partial charge in [-0.05, 0) is 31.2 Å². The van der Waals surface area contributed by atoms with E-state index in [1.54, 1.807) is 0 Å². The fraction of sp³-hybridized carbons (Fsp3) is 0.391. The predicted molar refractivity (Wildman–Crippen MR) is 118 cm³/mol. The maximum Gasteiger partial charge on any atom is 0.410 e. The molecule has 0 spiro atoms. The molecule has 0 saturated carbocycles. The highest BCUT2D eigenvalue weighted by atomic mass is 35.5. The number of halogens is 1. The number of carbonyl (C=O) groups is 1. The molecule has 3 aromatic rings. The Bertz CT molecular complexity index is 1070. The Balaban J connectivity index is 1.45. The van der Waals surface area contributed by atoms with E-state index in [0.717, 1.165) is 42.2 Å². The lowest BCUT2D eigenvalue weighted by Gasteiger charge is -2.48. The second-order valence-electron chi connectivity index (χ2n) is 7.99. The van der Waals surface area contributed by atoms with Gasteiger partial charge in [-0.2, -0.15) is 0 Å². The van der Waals surface area contributed by atoms with E-state index < -0.39 is 0 Å². The summed E-state index contributed by atoms with van der Waals surface area (Å²) in [5.74, 6) is 0. The van der Waals surface area contributed by atoms with Crippen molar-refractivity contribution in [3.05, 3.63) is 59.4 Å². The molecule has 2 unspecified atom stereocenters. The van der Waals surface area contributed by atoms with E-state index >= 15 is 0 Å². The molecule has 7 nitrogen and oxygen atoms in total. The quantitative estimate of drug-likeness (QED) is 0.619. The first-order valence-electron chi connectivity index (χ1n) is 10.6. The average molecular weight is 441 g/mol. The molecular formula is C23H25ClN4O3. The van der Waals surface area contributed by atoms with Crippen molar-refractivity contribution >= 4 is 23.3 Å². The van der Waals surface area contributed by atoms with Crippen LogP contribution in [0, 0.1) is 0 Å². The third-order valence-corrected chi connectivity index (χ3v) is 6.20. The smallest absolute Gasteiger partial charge is 0.410 e. The molecule has 1 amide bonds. The predicted octanol–water partition coefficient (Wildman–Crippen LogP) is 3.70. The highest BCUT2D eigenvalue weighted by molar-refractivity contribution is 6.30. The molecule has 0 aliphatic carbocycles. The van der Waals surface area contributed by atoms with Crippen molar-refractivity contribution < 1.29 is 14.3 Å². The second-order valence-corrected chi connectivity index (χ2v) is 8.42. The van der Waals surface area contributed by atoms with Crippen LogP contribution in [0.15, 0.2) is 48.7 Å². The van der Waals surface area contributed by atoms with Gasteiger partial charge in [0.1, 0.15) is 5.65 Å². The summed E-state index contributed by atoms with van der Waals surface area (Å²) in [6.07, 6.45) is 1.81. The van der Waals surface area contributed by atoms with Crippen LogP contribution in [0.1, 0.15) is 12.6 Å². The van der Waals surface area contributed by atoms with E-state index in [9.17, 15) is 4.79 Å². The van der Waals surface area contributed by atoms with Crippen LogP contribution in [0.3, 0.4) is 0 Å². The second kappa shape index (κ2) is 8.49. The summed E-state index contributed by atoms with van der Waals surface area (Å²) >= 11 is 6.10. The van der Waals surface area contributed by atoms with Crippen molar-refractivity contribution in [1.29, 1.82) is 0 Å². The number of pyridine rings is 1. The molecule has 2 saturated heterocycles. The number of fused-ring (bicyclic) bond motifs is 3. The fourth-order valence-corrected chi connectivity index (χ4v) is 4.75. The van der Waals surface area contributed by atoms with Crippen LogP contribution >= 0.6 is 11.6 Å². The molecule has 1 aromatic carbocycles. The molecule has 0 radical (unpaired) electrons. The van der Waals surface area contributed by atoms with Crippen LogP contribution in [0.25, 0.3) is 16.9 Å². The Hall–Kier alpha value is -2.61. The Kier molecular flexibility index (Phi) is 5.56. The zero-order valence-electron chi connectivity index (χ0n) is 17.4. The van der Waals surface area contributed by atoms with Gasteiger partial charge in [-0.15, -0.1) is 0 Å². The number of piperazine rings is 1. The minimum absolute atomic E-state index is 0.00952. The maximum atomic E-state index is 12.5. The largest absolute Gasteiger partial charge is 0.450 e. The lowest BCUT2D eigenvalue weighted by atomic mass is 10.0. The summed E-state index contributed by atoms with van der Waals surface area (Å²) < 4.78 is 13.2. The van der Waals surface area contributed by atoms with Crippen molar-refractivity contribution in [1.82, 2.24) is 19.2 Å². The zero-order chi connectivity index (χ0) is 21.4. The number of amides is 1. The molecule has 162 valence electrons. The SMILES string of the molecule is CCOC(=O)N1C2COCC1CN(Cc1c(-c3ccc(Cl)cc3)nc3ccccn13)C2. The Morgan fingerprint density at radius 2 is 1.90 bits per heavy atom. The summed E-state index contributed by atoms with van der Waals surface area (Å²) in [5, 5.41) is 0.706. The van der Waals surface area contributed by atoms with Crippen molar-refractivity contribution in [2.45, 2.75) is 25.6 Å². The number of aromatic nitrogens is 2. The van der Waals surface area contributed by atoms with Crippen LogP contribution in [0.5, 0.6) is 0 Å². The molecule has 2 aromatic heterocycles. The lowest BCUT2D eigenvalue weighted by molar-refractivity contribution is -0.0890. The standard InChI is InChI=1S/C23H25ClN4O3/c1-2-31-23(29)28-18-11-26(12-19(28)15-30-14-18)13-20-22(16-6-8-17(24)9-7-16)25-21-5-3-4-10-27(20)21/h3-10,18-19H,2,11-15H2,1H3. The molecular weight excluding hydrogens is 416 g/mol. The average Bonchev–Trinajstić information content (AvgIpc) is 3.12. The van der Waals surface area contributed by atoms with E-state index in [0.29, 0.717) is 24.8 Å². The Morgan fingerprint density at radius 1 is 1.16 bits per heavy atom. The Labute approximate surface area is 186 Å². The normalized spacial score (nSPS) is 21.4. The fourth-order valence-electron chi connectivity index (χ4n) is 4.62. The number of rotatable bonds is 4. The number of ether oxygens (including phenoxy) is 2. The van der Waals surface area contributed by atoms with Gasteiger partial charge in [-0.25, -0.2) is 9.78 Å². The summed E-state index contributed by atoms with van der Waals surface area (Å²) in [6.45, 7) is 5.47. The third-order valence-electron chi connectivity index (χ3n) is 5.94. The van der Waals surface area contributed by atoms with Gasteiger partial charge in [0.2, 0.25) is 0 Å². The van der Waals surface area contributed by atoms with E-state index in [-0.39, 0.29) is 18.2 Å². The van der Waals surface area contributed by atoms with E-state index in [1.165, 1.54) is 0 Å². The van der Waals surface area contributed by atoms with Crippen LogP contribution in [-0.2, 0) is 16.0 Å². The number of hydrogen-bond acceptors (Lipinski definition) is 5. The molecule has 5 rings (SSSR count). The van der Waals surface area contributed by atoms with Gasteiger partial charge in [-0.1, -0.05) is 29.8 Å². The van der Waals surface area contributed by atoms with Crippen LogP contribution in [0.4, 0.5) is 4.79 Å². The first-order valence-corrected chi connectivity index (χ1v) is 11.0. The van der Waals surface area contributed by atoms with Crippen molar-refractivity contribution in [3.8, 4) is 11.3 Å². The Morgan fingerprint density at radius 3 is 2.61 bits per heavy atom. The third kappa shape index (κ3) is 3.89. The van der Waals surface area contributed by atoms with E-state index in [1.807, 2.05) is 54.3 Å². The molecule has 2 aliphatic rings. The summed E-state index contributed by atoms with van der Waals surface area (Å²) in [4.78, 5) is 21.6. The molecule has 4 heterocycles. The molecule has 2 atom stereocenters. The lowest BCUT2D eigenvalue weighted by Crippen LogP contribution is -2.65. The molecule has 31 heavy (non-hydrogen) atoms. The minimum atomic E-state index is -0.239. The maximum absolute atomic E-state index is 12.5. The highest BCUT2D eigenvalue weighted by Gasteiger charge is 2.42. The number of imidazole rings is 1. The number of hydrogen-bond donors (Lipinski definition) is 0. The number of morpholine rings is 1. The van der Waals surface area contributed by atoms with Crippen LogP contribution < -0.4 is 0 Å². The van der Waals surface area contributed by atoms with E-state index in [2.05, 4.69) is 15.5 Å². The van der Waals surface area contributed by atoms with Crippen LogP contribution in [-0.4, -0.2) is 70.3 Å². The van der Waals surface area contributed by atoms with Crippen LogP contribution in [0.2, 0.25) is 5.02 Å². The van der Waals surface area contributed by atoms with Gasteiger partial charge in [-0.3, -0.25) is 9.80 Å². The van der Waals surface area contributed by atoms with Crippen molar-refractivity contribution in [2.24, 2.45) is 0 Å². The highest BCUT2D eigenvalue weighted by Crippen LogP contribution is 2.29. The molecule has 0 N–H and O–H groups in total. The zero-order valence-corrected chi connectivity index (χ0v) is 18.2. The van der Waals surface area contributed by atoms with Crippen molar-refractivity contribution in [3.63, 3.8) is 0 Å². The molecule has 2 fully saturated rings.